The van der Waals surface area contributed by atoms with Crippen molar-refractivity contribution in [3.05, 3.63) is 59.7 Å². The fourth-order valence-corrected chi connectivity index (χ4v) is 5.26. The van der Waals surface area contributed by atoms with E-state index in [4.69, 9.17) is 42.6 Å². The minimum atomic E-state index is -4.48. The molecule has 0 bridgehead atoms. The Balaban J connectivity index is 1.29. The fraction of sp³-hybridized carbons (Fsp3) is 0.667. The Morgan fingerprint density at radius 2 is 0.965 bits per heavy atom. The molecule has 0 radical (unpaired) electrons. The predicted octanol–water partition coefficient (Wildman–Crippen LogP) is 8.19. The van der Waals surface area contributed by atoms with Crippen LogP contribution >= 0.6 is 0 Å². The Morgan fingerprint density at radius 1 is 0.526 bits per heavy atom. The van der Waals surface area contributed by atoms with E-state index in [-0.39, 0.29) is 37.0 Å². The molecule has 15 heteroatoms. The molecule has 57 heavy (non-hydrogen) atoms. The molecule has 0 saturated heterocycles. The number of nitrogens with one attached hydrogen (secondary N) is 1. The second-order valence-corrected chi connectivity index (χ2v) is 13.0. The quantitative estimate of drug-likeness (QED) is 0.0522. The molecule has 0 unspecified atom stereocenters. The van der Waals surface area contributed by atoms with Crippen LogP contribution in [0, 0.1) is 0 Å². The van der Waals surface area contributed by atoms with E-state index in [2.05, 4.69) is 12.2 Å². The van der Waals surface area contributed by atoms with Crippen molar-refractivity contribution in [1.29, 1.82) is 0 Å². The van der Waals surface area contributed by atoms with E-state index in [1.165, 1.54) is 63.1 Å². The van der Waals surface area contributed by atoms with E-state index >= 15 is 0 Å². The van der Waals surface area contributed by atoms with Gasteiger partial charge in [0.1, 0.15) is 13.2 Å². The average Bonchev–Trinajstić information content (AvgIpc) is 3.20. The maximum atomic E-state index is 13.1. The molecule has 1 N–H and O–H groups in total. The van der Waals surface area contributed by atoms with Crippen molar-refractivity contribution in [2.75, 3.05) is 111 Å². The number of anilines is 2. The first-order valence-corrected chi connectivity index (χ1v) is 20.2. The highest BCUT2D eigenvalue weighted by Gasteiger charge is 2.30. The number of hydrogen-bond acceptors (Lipinski definition) is 12. The number of alkyl halides is 3. The highest BCUT2D eigenvalue weighted by molar-refractivity contribution is 5.96. The second-order valence-electron chi connectivity index (χ2n) is 13.0. The van der Waals surface area contributed by atoms with E-state index < -0.39 is 17.7 Å². The van der Waals surface area contributed by atoms with Gasteiger partial charge in [-0.05, 0) is 36.8 Å². The minimum Gasteiger partial charge on any atom is -0.463 e. The summed E-state index contributed by atoms with van der Waals surface area (Å²) in [6, 6.07) is 11.1. The normalized spacial score (nSPS) is 11.5. The molecule has 0 aliphatic carbocycles. The summed E-state index contributed by atoms with van der Waals surface area (Å²) in [5.41, 5.74) is -0.0956. The van der Waals surface area contributed by atoms with Crippen LogP contribution in [-0.2, 0) is 53.6 Å². The molecule has 0 aliphatic heterocycles. The number of unbranched alkanes of at least 4 members (excludes halogenated alkanes) is 8. The van der Waals surface area contributed by atoms with Gasteiger partial charge in [-0.1, -0.05) is 76.5 Å². The zero-order chi connectivity index (χ0) is 41.1. The van der Waals surface area contributed by atoms with Crippen molar-refractivity contribution in [3.63, 3.8) is 0 Å². The van der Waals surface area contributed by atoms with Gasteiger partial charge in [-0.15, -0.1) is 0 Å². The van der Waals surface area contributed by atoms with E-state index in [1.54, 1.807) is 18.2 Å². The summed E-state index contributed by atoms with van der Waals surface area (Å²) in [6.07, 6.45) is 6.95. The van der Waals surface area contributed by atoms with Gasteiger partial charge in [0.15, 0.2) is 0 Å². The molecule has 0 spiro atoms. The number of rotatable bonds is 37. The number of halogens is 3. The van der Waals surface area contributed by atoms with Crippen molar-refractivity contribution in [2.24, 2.45) is 0 Å². The van der Waals surface area contributed by atoms with Crippen LogP contribution in [0.15, 0.2) is 48.5 Å². The lowest BCUT2D eigenvalue weighted by molar-refractivity contribution is -0.145. The van der Waals surface area contributed by atoms with Gasteiger partial charge in [-0.25, -0.2) is 4.79 Å². The Morgan fingerprint density at radius 3 is 1.46 bits per heavy atom. The first-order valence-electron chi connectivity index (χ1n) is 20.2. The van der Waals surface area contributed by atoms with Gasteiger partial charge in [0, 0.05) is 12.1 Å². The van der Waals surface area contributed by atoms with E-state index in [9.17, 15) is 22.8 Å². The zero-order valence-electron chi connectivity index (χ0n) is 33.6. The summed E-state index contributed by atoms with van der Waals surface area (Å²) < 4.78 is 87.9. The Kier molecular flexibility index (Phi) is 29.4. The lowest BCUT2D eigenvalue weighted by Gasteiger charge is -2.13. The number of carbonyl (C=O) groups excluding carboxylic acids is 2. The average molecular weight is 816 g/mol. The van der Waals surface area contributed by atoms with Gasteiger partial charge in [0.25, 0.3) is 0 Å². The Hall–Kier alpha value is -3.31. The number of carbonyl (C=O) groups is 2. The van der Waals surface area contributed by atoms with Crippen LogP contribution in [0.25, 0.3) is 0 Å². The third kappa shape index (κ3) is 27.1. The van der Waals surface area contributed by atoms with E-state index in [0.717, 1.165) is 25.0 Å². The van der Waals surface area contributed by atoms with Crippen LogP contribution in [-0.4, -0.2) is 118 Å². The highest BCUT2D eigenvalue weighted by atomic mass is 19.4. The smallest absolute Gasteiger partial charge is 0.416 e. The molecule has 0 heterocycles. The number of benzene rings is 2. The molecule has 0 fully saturated rings. The van der Waals surface area contributed by atoms with E-state index in [1.807, 2.05) is 0 Å². The number of esters is 2. The van der Waals surface area contributed by atoms with Crippen molar-refractivity contribution in [1.82, 2.24) is 0 Å². The molecule has 0 aromatic heterocycles. The topological polar surface area (TPSA) is 129 Å². The van der Waals surface area contributed by atoms with Gasteiger partial charge in [0.05, 0.1) is 109 Å². The van der Waals surface area contributed by atoms with Crippen molar-refractivity contribution < 1.29 is 65.4 Å². The number of ether oxygens (including phenoxy) is 9. The van der Waals surface area contributed by atoms with E-state index in [0.29, 0.717) is 98.0 Å². The maximum Gasteiger partial charge on any atom is 0.416 e. The van der Waals surface area contributed by atoms with Crippen LogP contribution in [0.4, 0.5) is 24.5 Å². The number of para-hydroxylation sites is 1. The number of hydrogen-bond donors (Lipinski definition) is 1. The summed E-state index contributed by atoms with van der Waals surface area (Å²) >= 11 is 0. The summed E-state index contributed by atoms with van der Waals surface area (Å²) in [6.45, 7) is 7.91. The van der Waals surface area contributed by atoms with Gasteiger partial charge in [-0.3, -0.25) is 4.79 Å². The molecular formula is C42H64F3NO11. The van der Waals surface area contributed by atoms with Gasteiger partial charge >= 0.3 is 18.1 Å². The summed E-state index contributed by atoms with van der Waals surface area (Å²) in [4.78, 5) is 24.4. The standard InChI is InChI=1S/C42H64F3NO11/c1-2-3-4-5-6-7-8-9-10-18-40(47)56-33-31-54-29-27-52-25-23-50-21-19-49-20-22-51-24-26-53-28-30-55-32-34-57-41(48)38-16-11-12-17-39(38)46-37-15-13-14-36(35-37)42(43,44)45/h11-17,35,46H,2-10,18-34H2,1H3. The monoisotopic (exact) mass is 815 g/mol. The SMILES string of the molecule is CCCCCCCCCCCC(=O)OCCOCCOCCOCCOCCOCCOCCOCCOC(=O)c1ccccc1Nc1cccc(C(F)(F)F)c1. The minimum absolute atomic E-state index is 0.00424. The summed E-state index contributed by atoms with van der Waals surface area (Å²) in [7, 11) is 0. The molecule has 324 valence electrons. The highest BCUT2D eigenvalue weighted by Crippen LogP contribution is 2.32. The molecule has 0 amide bonds. The van der Waals surface area contributed by atoms with Crippen LogP contribution in [0.3, 0.4) is 0 Å². The lowest BCUT2D eigenvalue weighted by atomic mass is 10.1. The molecule has 2 aromatic rings. The van der Waals surface area contributed by atoms with Gasteiger partial charge in [-0.2, -0.15) is 13.2 Å². The second kappa shape index (κ2) is 33.6. The molecule has 0 saturated carbocycles. The molecular weight excluding hydrogens is 751 g/mol. The van der Waals surface area contributed by atoms with Crippen LogP contribution in [0.2, 0.25) is 0 Å². The van der Waals surface area contributed by atoms with Crippen LogP contribution in [0.5, 0.6) is 0 Å². The molecule has 0 atom stereocenters. The van der Waals surface area contributed by atoms with Gasteiger partial charge < -0.3 is 47.9 Å². The van der Waals surface area contributed by atoms with Crippen molar-refractivity contribution in [2.45, 2.75) is 77.3 Å². The largest absolute Gasteiger partial charge is 0.463 e. The summed E-state index contributed by atoms with van der Waals surface area (Å²) in [5.74, 6) is -0.787. The van der Waals surface area contributed by atoms with Crippen molar-refractivity contribution >= 4 is 23.3 Å². The lowest BCUT2D eigenvalue weighted by Crippen LogP contribution is -2.16. The maximum absolute atomic E-state index is 13.1. The van der Waals surface area contributed by atoms with Crippen LogP contribution < -0.4 is 5.32 Å². The first-order chi connectivity index (χ1) is 27.8. The van der Waals surface area contributed by atoms with Gasteiger partial charge in [0.2, 0.25) is 0 Å². The first kappa shape index (κ1) is 49.8. The fourth-order valence-electron chi connectivity index (χ4n) is 5.26. The third-order valence-electron chi connectivity index (χ3n) is 8.28. The molecule has 2 aromatic carbocycles. The van der Waals surface area contributed by atoms with Crippen molar-refractivity contribution in [3.8, 4) is 0 Å². The predicted molar refractivity (Wildman–Crippen MR) is 210 cm³/mol. The van der Waals surface area contributed by atoms with Crippen LogP contribution in [0.1, 0.15) is 87.1 Å². The molecule has 0 aliphatic rings. The zero-order valence-corrected chi connectivity index (χ0v) is 33.6. The molecule has 2 rings (SSSR count). The Labute approximate surface area is 336 Å². The molecule has 12 nitrogen and oxygen atoms in total. The third-order valence-corrected chi connectivity index (χ3v) is 8.28. The Bertz CT molecular complexity index is 1300. The summed E-state index contributed by atoms with van der Waals surface area (Å²) in [5, 5.41) is 2.86.